The van der Waals surface area contributed by atoms with Crippen LogP contribution in [0.3, 0.4) is 0 Å². The van der Waals surface area contributed by atoms with Crippen LogP contribution in [0, 0.1) is 13.8 Å². The Hall–Kier alpha value is -2.28. The lowest BCUT2D eigenvalue weighted by Crippen LogP contribution is -2.48. The van der Waals surface area contributed by atoms with E-state index in [9.17, 15) is 4.79 Å². The molecule has 1 N–H and O–H groups in total. The van der Waals surface area contributed by atoms with E-state index in [0.717, 1.165) is 63.4 Å². The van der Waals surface area contributed by atoms with Gasteiger partial charge in [-0.05, 0) is 51.3 Å². The van der Waals surface area contributed by atoms with Gasteiger partial charge in [0.2, 0.25) is 0 Å². The zero-order chi connectivity index (χ0) is 18.8. The highest BCUT2D eigenvalue weighted by Gasteiger charge is 2.30. The highest BCUT2D eigenvalue weighted by molar-refractivity contribution is 5.74. The molecule has 146 valence electrons. The lowest BCUT2D eigenvalue weighted by atomic mass is 10.1. The van der Waals surface area contributed by atoms with E-state index in [0.29, 0.717) is 6.04 Å². The molecule has 7 nitrogen and oxygen atoms in total. The molecule has 2 aliphatic heterocycles. The Bertz CT molecular complexity index is 761. The van der Waals surface area contributed by atoms with Crippen molar-refractivity contribution in [2.75, 3.05) is 26.2 Å². The smallest absolute Gasteiger partial charge is 0.317 e. The van der Waals surface area contributed by atoms with E-state index in [1.165, 1.54) is 5.69 Å². The largest absolute Gasteiger partial charge is 0.468 e. The molecule has 2 aromatic heterocycles. The highest BCUT2D eigenvalue weighted by Crippen LogP contribution is 2.23. The number of carbonyl (C=O) groups excluding carboxylic acids is 1. The molecule has 2 saturated heterocycles. The van der Waals surface area contributed by atoms with Gasteiger partial charge in [0.15, 0.2) is 0 Å². The van der Waals surface area contributed by atoms with Crippen molar-refractivity contribution >= 4 is 6.03 Å². The fourth-order valence-electron chi connectivity index (χ4n) is 4.27. The summed E-state index contributed by atoms with van der Waals surface area (Å²) in [6, 6.07) is 6.67. The summed E-state index contributed by atoms with van der Waals surface area (Å²) in [6.07, 6.45) is 4.66. The predicted molar refractivity (Wildman–Crippen MR) is 102 cm³/mol. The number of hydrogen-bond donors (Lipinski definition) is 1. The Kier molecular flexibility index (Phi) is 5.20. The third-order valence-electron chi connectivity index (χ3n) is 5.72. The minimum absolute atomic E-state index is 0.0727. The van der Waals surface area contributed by atoms with Crippen molar-refractivity contribution in [3.63, 3.8) is 0 Å². The van der Waals surface area contributed by atoms with Crippen LogP contribution < -0.4 is 5.32 Å². The van der Waals surface area contributed by atoms with Gasteiger partial charge >= 0.3 is 6.03 Å². The molecule has 0 saturated carbocycles. The summed E-state index contributed by atoms with van der Waals surface area (Å²) in [4.78, 5) is 17.0. The van der Waals surface area contributed by atoms with E-state index in [2.05, 4.69) is 33.0 Å². The van der Waals surface area contributed by atoms with Crippen LogP contribution in [0.5, 0.6) is 0 Å². The lowest BCUT2D eigenvalue weighted by Gasteiger charge is -2.32. The molecule has 2 aliphatic rings. The number of furan rings is 1. The number of piperidine rings is 1. The molecule has 0 spiro atoms. The normalized spacial score (nSPS) is 21.7. The fourth-order valence-corrected chi connectivity index (χ4v) is 4.27. The van der Waals surface area contributed by atoms with E-state index in [-0.39, 0.29) is 12.1 Å². The average molecular weight is 371 g/mol. The van der Waals surface area contributed by atoms with Gasteiger partial charge in [-0.1, -0.05) is 0 Å². The van der Waals surface area contributed by atoms with Gasteiger partial charge in [0.25, 0.3) is 0 Å². The first-order chi connectivity index (χ1) is 13.1. The Morgan fingerprint density at radius 2 is 2.07 bits per heavy atom. The van der Waals surface area contributed by atoms with Crippen molar-refractivity contribution in [1.29, 1.82) is 0 Å². The monoisotopic (exact) mass is 371 g/mol. The maximum atomic E-state index is 12.7. The average Bonchev–Trinajstić information content (AvgIpc) is 3.38. The van der Waals surface area contributed by atoms with Gasteiger partial charge in [-0.15, -0.1) is 0 Å². The number of nitrogens with zero attached hydrogens (tertiary/aromatic N) is 4. The molecule has 7 heteroatoms. The third-order valence-corrected chi connectivity index (χ3v) is 5.72. The second-order valence-electron chi connectivity index (χ2n) is 7.84. The number of rotatable bonds is 4. The first kappa shape index (κ1) is 18.1. The van der Waals surface area contributed by atoms with Crippen LogP contribution in [0.1, 0.15) is 42.5 Å². The number of carbonyl (C=O) groups is 1. The highest BCUT2D eigenvalue weighted by atomic mass is 16.3. The van der Waals surface area contributed by atoms with Gasteiger partial charge in [0.05, 0.1) is 24.5 Å². The van der Waals surface area contributed by atoms with Crippen LogP contribution >= 0.6 is 0 Å². The maximum Gasteiger partial charge on any atom is 0.317 e. The molecule has 0 aliphatic carbocycles. The summed E-state index contributed by atoms with van der Waals surface area (Å²) < 4.78 is 7.51. The van der Waals surface area contributed by atoms with Crippen molar-refractivity contribution in [2.45, 2.75) is 51.7 Å². The molecular weight excluding hydrogens is 342 g/mol. The summed E-state index contributed by atoms with van der Waals surface area (Å²) in [5, 5.41) is 7.82. The van der Waals surface area contributed by atoms with Crippen molar-refractivity contribution in [1.82, 2.24) is 24.9 Å². The zero-order valence-electron chi connectivity index (χ0n) is 16.2. The summed E-state index contributed by atoms with van der Waals surface area (Å²) in [5.41, 5.74) is 2.21. The molecule has 27 heavy (non-hydrogen) atoms. The van der Waals surface area contributed by atoms with E-state index in [1.54, 1.807) is 6.26 Å². The number of urea groups is 1. The van der Waals surface area contributed by atoms with Crippen LogP contribution in [0.4, 0.5) is 4.79 Å². The van der Waals surface area contributed by atoms with Crippen LogP contribution in [0.15, 0.2) is 28.9 Å². The molecule has 0 unspecified atom stereocenters. The van der Waals surface area contributed by atoms with Gasteiger partial charge < -0.3 is 14.6 Å². The number of aromatic nitrogens is 2. The molecule has 4 rings (SSSR count). The van der Waals surface area contributed by atoms with Crippen LogP contribution in [-0.4, -0.2) is 57.8 Å². The quantitative estimate of drug-likeness (QED) is 0.897. The second-order valence-corrected chi connectivity index (χ2v) is 7.84. The molecule has 2 amide bonds. The fraction of sp³-hybridized carbons (Fsp3) is 0.600. The SMILES string of the molecule is Cc1cc(C)n([C@H]2CCN(C(=O)NC3CCN(Cc4ccco4)CC3)C2)n1. The summed E-state index contributed by atoms with van der Waals surface area (Å²) in [6.45, 7) is 8.46. The Balaban J connectivity index is 1.24. The number of amides is 2. The minimum Gasteiger partial charge on any atom is -0.468 e. The van der Waals surface area contributed by atoms with Crippen molar-refractivity contribution in [3.05, 3.63) is 41.6 Å². The van der Waals surface area contributed by atoms with Crippen molar-refractivity contribution < 1.29 is 9.21 Å². The van der Waals surface area contributed by atoms with Gasteiger partial charge in [0.1, 0.15) is 5.76 Å². The zero-order valence-corrected chi connectivity index (χ0v) is 16.2. The summed E-state index contributed by atoms with van der Waals surface area (Å²) in [7, 11) is 0. The van der Waals surface area contributed by atoms with Crippen LogP contribution in [-0.2, 0) is 6.54 Å². The predicted octanol–water partition coefficient (Wildman–Crippen LogP) is 2.71. The molecule has 2 fully saturated rings. The number of aryl methyl sites for hydroxylation is 2. The molecule has 4 heterocycles. The molecule has 1 atom stereocenters. The molecule has 0 aromatic carbocycles. The number of hydrogen-bond acceptors (Lipinski definition) is 4. The summed E-state index contributed by atoms with van der Waals surface area (Å²) in [5.74, 6) is 1.00. The first-order valence-electron chi connectivity index (χ1n) is 9.91. The minimum atomic E-state index is 0.0727. The van der Waals surface area contributed by atoms with Gasteiger partial charge in [-0.3, -0.25) is 9.58 Å². The van der Waals surface area contributed by atoms with E-state index in [1.807, 2.05) is 24.0 Å². The van der Waals surface area contributed by atoms with E-state index >= 15 is 0 Å². The Morgan fingerprint density at radius 3 is 2.74 bits per heavy atom. The third kappa shape index (κ3) is 4.18. The van der Waals surface area contributed by atoms with Crippen LogP contribution in [0.25, 0.3) is 0 Å². The van der Waals surface area contributed by atoms with E-state index < -0.39 is 0 Å². The molecule has 2 aromatic rings. The first-order valence-corrected chi connectivity index (χ1v) is 9.91. The second kappa shape index (κ2) is 7.76. The lowest BCUT2D eigenvalue weighted by molar-refractivity contribution is 0.166. The topological polar surface area (TPSA) is 66.5 Å². The Morgan fingerprint density at radius 1 is 1.26 bits per heavy atom. The van der Waals surface area contributed by atoms with Crippen molar-refractivity contribution in [3.8, 4) is 0 Å². The van der Waals surface area contributed by atoms with E-state index in [4.69, 9.17) is 4.42 Å². The van der Waals surface area contributed by atoms with Crippen LogP contribution in [0.2, 0.25) is 0 Å². The van der Waals surface area contributed by atoms with Gasteiger partial charge in [0, 0.05) is 37.9 Å². The van der Waals surface area contributed by atoms with Gasteiger partial charge in [-0.25, -0.2) is 4.79 Å². The Labute approximate surface area is 160 Å². The maximum absolute atomic E-state index is 12.7. The van der Waals surface area contributed by atoms with Crippen molar-refractivity contribution in [2.24, 2.45) is 0 Å². The molecule has 0 radical (unpaired) electrons. The summed E-state index contributed by atoms with van der Waals surface area (Å²) >= 11 is 0. The molecular formula is C20H29N5O2. The number of likely N-dealkylation sites (tertiary alicyclic amines) is 2. The standard InChI is InChI=1S/C20H29N5O2/c1-15-12-16(2)25(22-15)18-7-10-24(13-18)20(26)21-17-5-8-23(9-6-17)14-19-4-3-11-27-19/h3-4,11-12,17-18H,5-10,13-14H2,1-2H3,(H,21,26)/t18-/m0/s1. The van der Waals surface area contributed by atoms with Gasteiger partial charge in [-0.2, -0.15) is 5.10 Å². The molecule has 0 bridgehead atoms. The number of nitrogens with one attached hydrogen (secondary N) is 1.